The fraction of sp³-hybridized carbons (Fsp3) is 0.769. The summed E-state index contributed by atoms with van der Waals surface area (Å²) in [6, 6.07) is 0.389. The van der Waals surface area contributed by atoms with Gasteiger partial charge in [0.05, 0.1) is 0 Å². The Morgan fingerprint density at radius 1 is 1.29 bits per heavy atom. The van der Waals surface area contributed by atoms with Crippen molar-refractivity contribution in [3.63, 3.8) is 0 Å². The van der Waals surface area contributed by atoms with Gasteiger partial charge in [0.25, 0.3) is 0 Å². The van der Waals surface area contributed by atoms with Gasteiger partial charge in [-0.25, -0.2) is 12.7 Å². The van der Waals surface area contributed by atoms with Crippen molar-refractivity contribution in [2.24, 2.45) is 0 Å². The Bertz CT molecular complexity index is 577. The van der Waals surface area contributed by atoms with Gasteiger partial charge in [0, 0.05) is 26.7 Å². The first-order valence-electron chi connectivity index (χ1n) is 7.34. The minimum atomic E-state index is -3.57. The Balaban J connectivity index is 2.43. The van der Waals surface area contributed by atoms with E-state index in [4.69, 9.17) is 5.73 Å². The lowest BCUT2D eigenvalue weighted by Gasteiger charge is -2.34. The van der Waals surface area contributed by atoms with Gasteiger partial charge in [-0.1, -0.05) is 19.3 Å². The van der Waals surface area contributed by atoms with E-state index in [9.17, 15) is 8.42 Å². The van der Waals surface area contributed by atoms with Crippen LogP contribution in [0, 0.1) is 0 Å². The summed E-state index contributed by atoms with van der Waals surface area (Å²) in [5.41, 5.74) is 5.85. The van der Waals surface area contributed by atoms with Gasteiger partial charge in [0.1, 0.15) is 5.00 Å². The molecule has 1 fully saturated rings. The van der Waals surface area contributed by atoms with Crippen LogP contribution in [0.4, 0.5) is 10.8 Å². The van der Waals surface area contributed by atoms with Gasteiger partial charge in [-0.3, -0.25) is 0 Å². The molecule has 8 heteroatoms. The van der Waals surface area contributed by atoms with Crippen molar-refractivity contribution in [2.45, 2.75) is 50.0 Å². The summed E-state index contributed by atoms with van der Waals surface area (Å²) < 4.78 is 30.3. The Morgan fingerprint density at radius 3 is 2.43 bits per heavy atom. The molecule has 120 valence electrons. The highest BCUT2D eigenvalue weighted by atomic mass is 32.2. The van der Waals surface area contributed by atoms with Crippen molar-refractivity contribution in [3.8, 4) is 0 Å². The van der Waals surface area contributed by atoms with Crippen LogP contribution < -0.4 is 10.6 Å². The van der Waals surface area contributed by atoms with E-state index in [-0.39, 0.29) is 10.7 Å². The standard InChI is InChI=1S/C13H24N4O2S2/c1-4-17(10-8-6-5-7-9-10)13-11(12(14)15-20-13)21(18,19)16(2)3/h10H,4-9H2,1-3H3,(H2,14,15). The molecule has 0 atom stereocenters. The van der Waals surface area contributed by atoms with Gasteiger partial charge < -0.3 is 10.6 Å². The molecule has 1 aromatic rings. The lowest BCUT2D eigenvalue weighted by atomic mass is 9.94. The van der Waals surface area contributed by atoms with E-state index in [2.05, 4.69) is 16.2 Å². The fourth-order valence-electron chi connectivity index (χ4n) is 2.85. The van der Waals surface area contributed by atoms with Crippen molar-refractivity contribution in [1.82, 2.24) is 8.68 Å². The first-order chi connectivity index (χ1) is 9.89. The number of nitrogens with zero attached hydrogens (tertiary/aromatic N) is 3. The average Bonchev–Trinajstić information content (AvgIpc) is 2.83. The Morgan fingerprint density at radius 2 is 1.90 bits per heavy atom. The van der Waals surface area contributed by atoms with Crippen LogP contribution >= 0.6 is 11.5 Å². The molecule has 1 aliphatic carbocycles. The van der Waals surface area contributed by atoms with E-state index in [1.807, 2.05) is 0 Å². The zero-order chi connectivity index (χ0) is 15.6. The highest BCUT2D eigenvalue weighted by molar-refractivity contribution is 7.89. The predicted molar refractivity (Wildman–Crippen MR) is 87.3 cm³/mol. The topological polar surface area (TPSA) is 79.5 Å². The molecule has 0 bridgehead atoms. The minimum absolute atomic E-state index is 0.109. The van der Waals surface area contributed by atoms with E-state index < -0.39 is 10.0 Å². The molecule has 1 heterocycles. The summed E-state index contributed by atoms with van der Waals surface area (Å²) in [4.78, 5) is 2.34. The number of nitrogen functional groups attached to an aromatic ring is 1. The van der Waals surface area contributed by atoms with Gasteiger partial charge >= 0.3 is 0 Å². The molecule has 1 aromatic heterocycles. The van der Waals surface area contributed by atoms with Gasteiger partial charge in [0.2, 0.25) is 10.0 Å². The van der Waals surface area contributed by atoms with Crippen LogP contribution in [0.5, 0.6) is 0 Å². The number of aromatic nitrogens is 1. The minimum Gasteiger partial charge on any atom is -0.382 e. The summed E-state index contributed by atoms with van der Waals surface area (Å²) in [6.07, 6.45) is 5.87. The van der Waals surface area contributed by atoms with Crippen LogP contribution in [0.1, 0.15) is 39.0 Å². The maximum absolute atomic E-state index is 12.5. The van der Waals surface area contributed by atoms with Gasteiger partial charge in [-0.05, 0) is 31.3 Å². The molecule has 0 amide bonds. The Kier molecular flexibility index (Phi) is 5.11. The number of sulfonamides is 1. The number of hydrogen-bond donors (Lipinski definition) is 1. The monoisotopic (exact) mass is 332 g/mol. The van der Waals surface area contributed by atoms with Crippen LogP contribution in [0.25, 0.3) is 0 Å². The largest absolute Gasteiger partial charge is 0.382 e. The number of nitrogens with two attached hydrogens (primary N) is 1. The molecule has 0 unspecified atom stereocenters. The molecular weight excluding hydrogens is 308 g/mol. The molecular formula is C13H24N4O2S2. The first kappa shape index (κ1) is 16.5. The van der Waals surface area contributed by atoms with Crippen molar-refractivity contribution in [2.75, 3.05) is 31.3 Å². The molecule has 0 aliphatic heterocycles. The van der Waals surface area contributed by atoms with Crippen LogP contribution in [0.2, 0.25) is 0 Å². The van der Waals surface area contributed by atoms with Crippen molar-refractivity contribution < 1.29 is 8.42 Å². The predicted octanol–water partition coefficient (Wildman–Crippen LogP) is 2.13. The third kappa shape index (κ3) is 3.17. The quantitative estimate of drug-likeness (QED) is 0.893. The second kappa shape index (κ2) is 6.50. The van der Waals surface area contributed by atoms with E-state index in [1.165, 1.54) is 49.2 Å². The normalized spacial score (nSPS) is 17.3. The third-order valence-electron chi connectivity index (χ3n) is 4.01. The van der Waals surface area contributed by atoms with E-state index in [0.717, 1.165) is 19.4 Å². The highest BCUT2D eigenvalue weighted by Gasteiger charge is 2.32. The van der Waals surface area contributed by atoms with Crippen LogP contribution in [0.15, 0.2) is 4.90 Å². The second-order valence-electron chi connectivity index (χ2n) is 5.57. The molecule has 0 spiro atoms. The Labute approximate surface area is 131 Å². The molecule has 2 rings (SSSR count). The summed E-state index contributed by atoms with van der Waals surface area (Å²) in [5, 5.41) is 0.690. The van der Waals surface area contributed by atoms with Crippen molar-refractivity contribution >= 4 is 32.4 Å². The van der Waals surface area contributed by atoms with Crippen LogP contribution in [-0.4, -0.2) is 43.8 Å². The molecule has 1 saturated carbocycles. The fourth-order valence-corrected chi connectivity index (χ4v) is 5.20. The Hall–Kier alpha value is -0.860. The number of rotatable bonds is 5. The lowest BCUT2D eigenvalue weighted by molar-refractivity contribution is 0.418. The molecule has 6 nitrogen and oxygen atoms in total. The summed E-state index contributed by atoms with van der Waals surface area (Å²) >= 11 is 1.19. The smallest absolute Gasteiger partial charge is 0.249 e. The summed E-state index contributed by atoms with van der Waals surface area (Å²) in [7, 11) is -0.532. The molecule has 1 aliphatic rings. The molecule has 21 heavy (non-hydrogen) atoms. The first-order valence-corrected chi connectivity index (χ1v) is 9.55. The van der Waals surface area contributed by atoms with Crippen molar-refractivity contribution in [3.05, 3.63) is 0 Å². The third-order valence-corrected chi connectivity index (χ3v) is 6.92. The number of anilines is 2. The average molecular weight is 332 g/mol. The van der Waals surface area contributed by atoms with Gasteiger partial charge in [-0.15, -0.1) is 0 Å². The molecule has 0 saturated heterocycles. The SMILES string of the molecule is CCN(c1snc(N)c1S(=O)(=O)N(C)C)C1CCCCC1. The zero-order valence-electron chi connectivity index (χ0n) is 12.9. The van der Waals surface area contributed by atoms with E-state index in [1.54, 1.807) is 0 Å². The maximum Gasteiger partial charge on any atom is 0.249 e. The van der Waals surface area contributed by atoms with E-state index >= 15 is 0 Å². The zero-order valence-corrected chi connectivity index (χ0v) is 14.5. The molecule has 0 aromatic carbocycles. The maximum atomic E-state index is 12.5. The highest BCUT2D eigenvalue weighted by Crippen LogP contribution is 2.38. The summed E-state index contributed by atoms with van der Waals surface area (Å²) in [5.74, 6) is 0.109. The number of hydrogen-bond acceptors (Lipinski definition) is 6. The summed E-state index contributed by atoms with van der Waals surface area (Å²) in [6.45, 7) is 2.82. The van der Waals surface area contributed by atoms with Crippen molar-refractivity contribution in [1.29, 1.82) is 0 Å². The van der Waals surface area contributed by atoms with E-state index in [0.29, 0.717) is 11.0 Å². The van der Waals surface area contributed by atoms with Crippen LogP contribution in [-0.2, 0) is 10.0 Å². The molecule has 0 radical (unpaired) electrons. The molecule has 2 N–H and O–H groups in total. The second-order valence-corrected chi connectivity index (χ2v) is 8.41. The lowest BCUT2D eigenvalue weighted by Crippen LogP contribution is -2.37. The van der Waals surface area contributed by atoms with Gasteiger partial charge in [0.15, 0.2) is 10.7 Å². The van der Waals surface area contributed by atoms with Gasteiger partial charge in [-0.2, -0.15) is 4.37 Å². The van der Waals surface area contributed by atoms with Crippen LogP contribution in [0.3, 0.4) is 0 Å².